The standard InChI is InChI=1S/C29H28ClN3O/c1-23-32(19-10-12-24-11-8-9-17-27(24)30)21-22-33(23)20-18-29(28(31)34,25-13-4-2-5-14-25)26-15-6-3-7-16-26/h2-17,21-22H,18-20H2,1H3,(H-,31,34)/p+1/b12-10+. The van der Waals surface area contributed by atoms with Crippen molar-refractivity contribution in [3.63, 3.8) is 0 Å². The highest BCUT2D eigenvalue weighted by atomic mass is 35.5. The van der Waals surface area contributed by atoms with Crippen LogP contribution in [0.15, 0.2) is 103 Å². The van der Waals surface area contributed by atoms with Crippen molar-refractivity contribution >= 4 is 23.6 Å². The van der Waals surface area contributed by atoms with Crippen LogP contribution in [0.2, 0.25) is 5.02 Å². The summed E-state index contributed by atoms with van der Waals surface area (Å²) in [6, 6.07) is 27.5. The Morgan fingerprint density at radius 3 is 2.15 bits per heavy atom. The third kappa shape index (κ3) is 4.82. The van der Waals surface area contributed by atoms with E-state index >= 15 is 0 Å². The van der Waals surface area contributed by atoms with Gasteiger partial charge in [-0.2, -0.15) is 0 Å². The number of nitrogens with zero attached hydrogens (tertiary/aromatic N) is 2. The number of halogens is 1. The second-order valence-corrected chi connectivity index (χ2v) is 8.77. The fourth-order valence-electron chi connectivity index (χ4n) is 4.47. The summed E-state index contributed by atoms with van der Waals surface area (Å²) in [6.45, 7) is 3.46. The van der Waals surface area contributed by atoms with E-state index in [0.717, 1.165) is 34.1 Å². The average Bonchev–Trinajstić information content (AvgIpc) is 3.21. The predicted octanol–water partition coefficient (Wildman–Crippen LogP) is 5.31. The molecule has 0 aliphatic carbocycles. The summed E-state index contributed by atoms with van der Waals surface area (Å²) < 4.78 is 4.34. The Hall–Kier alpha value is -3.63. The minimum atomic E-state index is -0.909. The zero-order chi connectivity index (χ0) is 24.0. The van der Waals surface area contributed by atoms with E-state index in [1.165, 1.54) is 0 Å². The van der Waals surface area contributed by atoms with E-state index in [1.54, 1.807) is 0 Å². The Morgan fingerprint density at radius 2 is 1.56 bits per heavy atom. The number of nitrogens with two attached hydrogens (primary N) is 1. The maximum atomic E-state index is 13.0. The molecule has 0 bridgehead atoms. The Morgan fingerprint density at radius 1 is 0.971 bits per heavy atom. The van der Waals surface area contributed by atoms with Gasteiger partial charge in [0.15, 0.2) is 0 Å². The molecule has 1 amide bonds. The normalized spacial score (nSPS) is 11.7. The molecule has 4 nitrogen and oxygen atoms in total. The summed E-state index contributed by atoms with van der Waals surface area (Å²) in [5.41, 5.74) is 8.02. The van der Waals surface area contributed by atoms with Crippen LogP contribution in [0.4, 0.5) is 0 Å². The highest BCUT2D eigenvalue weighted by Crippen LogP contribution is 2.36. The molecule has 172 valence electrons. The first-order valence-electron chi connectivity index (χ1n) is 11.4. The SMILES string of the molecule is Cc1n(CCC(C(N)=O)(c2ccccc2)c2ccccc2)cc[n+]1C/C=C/c1ccccc1Cl. The highest BCUT2D eigenvalue weighted by Gasteiger charge is 2.40. The molecule has 0 unspecified atom stereocenters. The molecule has 0 saturated heterocycles. The maximum Gasteiger partial charge on any atom is 0.253 e. The van der Waals surface area contributed by atoms with Gasteiger partial charge in [-0.25, -0.2) is 9.13 Å². The number of carbonyl (C=O) groups is 1. The van der Waals surface area contributed by atoms with Crippen molar-refractivity contribution < 1.29 is 9.36 Å². The molecule has 4 aromatic rings. The van der Waals surface area contributed by atoms with Gasteiger partial charge in [-0.3, -0.25) is 4.79 Å². The van der Waals surface area contributed by atoms with Crippen LogP contribution < -0.4 is 10.3 Å². The first-order chi connectivity index (χ1) is 16.5. The summed E-state index contributed by atoms with van der Waals surface area (Å²) in [5.74, 6) is 0.758. The van der Waals surface area contributed by atoms with Gasteiger partial charge in [0.2, 0.25) is 5.91 Å². The summed E-state index contributed by atoms with van der Waals surface area (Å²) >= 11 is 6.25. The summed E-state index contributed by atoms with van der Waals surface area (Å²) in [5, 5.41) is 0.739. The summed E-state index contributed by atoms with van der Waals surface area (Å²) in [6.07, 6.45) is 8.81. The first-order valence-corrected chi connectivity index (χ1v) is 11.8. The third-order valence-electron chi connectivity index (χ3n) is 6.44. The van der Waals surface area contributed by atoms with Crippen LogP contribution >= 0.6 is 11.6 Å². The van der Waals surface area contributed by atoms with Crippen LogP contribution in [0.5, 0.6) is 0 Å². The third-order valence-corrected chi connectivity index (χ3v) is 6.79. The molecule has 2 N–H and O–H groups in total. The van der Waals surface area contributed by atoms with Gasteiger partial charge in [-0.05, 0) is 28.8 Å². The number of carbonyl (C=O) groups excluding carboxylic acids is 1. The van der Waals surface area contributed by atoms with E-state index in [2.05, 4.69) is 34.5 Å². The Bertz CT molecular complexity index is 1240. The number of rotatable bonds is 9. The number of benzene rings is 3. The Kier molecular flexibility index (Phi) is 7.29. The lowest BCUT2D eigenvalue weighted by Gasteiger charge is -2.31. The minimum Gasteiger partial charge on any atom is -0.369 e. The smallest absolute Gasteiger partial charge is 0.253 e. The van der Waals surface area contributed by atoms with E-state index in [1.807, 2.05) is 91.0 Å². The molecule has 5 heteroatoms. The van der Waals surface area contributed by atoms with E-state index in [4.69, 9.17) is 17.3 Å². The summed E-state index contributed by atoms with van der Waals surface area (Å²) in [7, 11) is 0. The number of primary amides is 1. The lowest BCUT2D eigenvalue weighted by Crippen LogP contribution is -2.43. The van der Waals surface area contributed by atoms with Gasteiger partial charge in [-0.1, -0.05) is 96.5 Å². The topological polar surface area (TPSA) is 51.9 Å². The second kappa shape index (κ2) is 10.5. The van der Waals surface area contributed by atoms with Crippen molar-refractivity contribution in [1.82, 2.24) is 4.57 Å². The predicted molar refractivity (Wildman–Crippen MR) is 137 cm³/mol. The van der Waals surface area contributed by atoms with E-state index in [-0.39, 0.29) is 5.91 Å². The van der Waals surface area contributed by atoms with Gasteiger partial charge in [0, 0.05) is 18.4 Å². The van der Waals surface area contributed by atoms with Crippen LogP contribution in [0.3, 0.4) is 0 Å². The van der Waals surface area contributed by atoms with Crippen molar-refractivity contribution in [3.05, 3.63) is 131 Å². The van der Waals surface area contributed by atoms with Crippen LogP contribution in [0.1, 0.15) is 28.9 Å². The van der Waals surface area contributed by atoms with Crippen LogP contribution in [-0.2, 0) is 23.3 Å². The highest BCUT2D eigenvalue weighted by molar-refractivity contribution is 6.32. The number of hydrogen-bond acceptors (Lipinski definition) is 1. The van der Waals surface area contributed by atoms with Crippen LogP contribution in [0.25, 0.3) is 6.08 Å². The quantitative estimate of drug-likeness (QED) is 0.331. The Labute approximate surface area is 205 Å². The summed E-state index contributed by atoms with van der Waals surface area (Å²) in [4.78, 5) is 13.0. The number of hydrogen-bond donors (Lipinski definition) is 1. The van der Waals surface area contributed by atoms with E-state index in [9.17, 15) is 4.79 Å². The molecular formula is C29H29ClN3O+. The van der Waals surface area contributed by atoms with Crippen LogP contribution in [0, 0.1) is 6.92 Å². The number of aryl methyl sites for hydroxylation is 1. The molecule has 0 fully saturated rings. The van der Waals surface area contributed by atoms with Gasteiger partial charge in [0.25, 0.3) is 5.82 Å². The van der Waals surface area contributed by atoms with Crippen molar-refractivity contribution in [1.29, 1.82) is 0 Å². The van der Waals surface area contributed by atoms with Gasteiger partial charge < -0.3 is 5.73 Å². The van der Waals surface area contributed by atoms with Crippen molar-refractivity contribution in [2.75, 3.05) is 0 Å². The van der Waals surface area contributed by atoms with Crippen LogP contribution in [-0.4, -0.2) is 10.5 Å². The molecular weight excluding hydrogens is 442 g/mol. The molecule has 0 atom stereocenters. The Balaban J connectivity index is 1.58. The largest absolute Gasteiger partial charge is 0.369 e. The molecule has 0 aliphatic heterocycles. The van der Waals surface area contributed by atoms with Crippen molar-refractivity contribution in [2.45, 2.75) is 31.8 Å². The second-order valence-electron chi connectivity index (χ2n) is 8.37. The zero-order valence-corrected chi connectivity index (χ0v) is 20.0. The minimum absolute atomic E-state index is 0.342. The van der Waals surface area contributed by atoms with Crippen molar-refractivity contribution in [3.8, 4) is 0 Å². The molecule has 34 heavy (non-hydrogen) atoms. The van der Waals surface area contributed by atoms with Gasteiger partial charge in [0.05, 0.1) is 6.54 Å². The van der Waals surface area contributed by atoms with Crippen molar-refractivity contribution in [2.24, 2.45) is 5.73 Å². The zero-order valence-electron chi connectivity index (χ0n) is 19.3. The van der Waals surface area contributed by atoms with E-state index < -0.39 is 5.41 Å². The number of aromatic nitrogens is 2. The molecule has 0 saturated carbocycles. The fraction of sp³-hybridized carbons (Fsp3) is 0.172. The number of imidazole rings is 1. The van der Waals surface area contributed by atoms with E-state index in [0.29, 0.717) is 13.0 Å². The number of amides is 1. The maximum absolute atomic E-state index is 13.0. The van der Waals surface area contributed by atoms with Gasteiger partial charge in [0.1, 0.15) is 24.4 Å². The molecule has 1 aromatic heterocycles. The molecule has 1 heterocycles. The average molecular weight is 471 g/mol. The lowest BCUT2D eigenvalue weighted by atomic mass is 9.71. The molecule has 0 aliphatic rings. The monoisotopic (exact) mass is 470 g/mol. The molecule has 0 radical (unpaired) electrons. The molecule has 4 rings (SSSR count). The first kappa shape index (κ1) is 23.5. The molecule has 3 aromatic carbocycles. The van der Waals surface area contributed by atoms with Gasteiger partial charge in [-0.15, -0.1) is 0 Å². The lowest BCUT2D eigenvalue weighted by molar-refractivity contribution is -0.692. The molecule has 0 spiro atoms. The number of allylic oxidation sites excluding steroid dienone is 1. The fourth-order valence-corrected chi connectivity index (χ4v) is 4.67. The van der Waals surface area contributed by atoms with Gasteiger partial charge >= 0.3 is 0 Å².